The number of sulfone groups is 1. The first-order chi connectivity index (χ1) is 7.96. The first-order valence-electron chi connectivity index (χ1n) is 6.22. The van der Waals surface area contributed by atoms with Crippen LogP contribution in [-0.2, 0) is 14.6 Å². The largest absolute Gasteiger partial charge is 0.353 e. The van der Waals surface area contributed by atoms with Gasteiger partial charge in [0.2, 0.25) is 5.91 Å². The Morgan fingerprint density at radius 3 is 2.29 bits per heavy atom. The molecule has 0 radical (unpaired) electrons. The molecule has 3 N–H and O–H groups in total. The number of rotatable bonds is 2. The van der Waals surface area contributed by atoms with Gasteiger partial charge in [0.1, 0.15) is 0 Å². The van der Waals surface area contributed by atoms with Crippen molar-refractivity contribution >= 4 is 15.7 Å². The maximum Gasteiger partial charge on any atom is 0.224 e. The van der Waals surface area contributed by atoms with Crippen molar-refractivity contribution < 1.29 is 13.2 Å². The summed E-state index contributed by atoms with van der Waals surface area (Å²) in [5.41, 5.74) is 5.79. The quantitative estimate of drug-likeness (QED) is 0.720. The van der Waals surface area contributed by atoms with E-state index in [0.717, 1.165) is 25.7 Å². The van der Waals surface area contributed by atoms with E-state index in [1.165, 1.54) is 0 Å². The van der Waals surface area contributed by atoms with Crippen LogP contribution in [0.25, 0.3) is 0 Å². The average molecular weight is 260 g/mol. The van der Waals surface area contributed by atoms with Crippen LogP contribution in [0.1, 0.15) is 32.1 Å². The molecule has 0 bridgehead atoms. The van der Waals surface area contributed by atoms with Gasteiger partial charge in [-0.25, -0.2) is 8.42 Å². The molecular formula is C11H20N2O3S. The number of carbonyl (C=O) groups excluding carboxylic acids is 1. The smallest absolute Gasteiger partial charge is 0.224 e. The Labute approximate surface area is 102 Å². The van der Waals surface area contributed by atoms with Crippen molar-refractivity contribution in [1.82, 2.24) is 5.32 Å². The first-order valence-corrected chi connectivity index (χ1v) is 8.05. The third kappa shape index (κ3) is 3.42. The monoisotopic (exact) mass is 260 g/mol. The summed E-state index contributed by atoms with van der Waals surface area (Å²) in [6.45, 7) is 0. The number of hydrogen-bond acceptors (Lipinski definition) is 4. The molecule has 1 saturated carbocycles. The SMILES string of the molecule is NC1CCC(NC(=O)C2CCS(=O)(=O)C2)CC1. The summed E-state index contributed by atoms with van der Waals surface area (Å²) in [6, 6.07) is 0.445. The zero-order chi connectivity index (χ0) is 12.5. The van der Waals surface area contributed by atoms with Gasteiger partial charge in [-0.2, -0.15) is 0 Å². The van der Waals surface area contributed by atoms with Crippen molar-refractivity contribution in [3.8, 4) is 0 Å². The summed E-state index contributed by atoms with van der Waals surface area (Å²) < 4.78 is 22.6. The minimum Gasteiger partial charge on any atom is -0.353 e. The van der Waals surface area contributed by atoms with E-state index in [2.05, 4.69) is 5.32 Å². The van der Waals surface area contributed by atoms with Gasteiger partial charge in [-0.3, -0.25) is 4.79 Å². The zero-order valence-corrected chi connectivity index (χ0v) is 10.7. The maximum atomic E-state index is 11.9. The van der Waals surface area contributed by atoms with Crippen LogP contribution >= 0.6 is 0 Å². The van der Waals surface area contributed by atoms with Crippen molar-refractivity contribution in [1.29, 1.82) is 0 Å². The molecule has 1 aliphatic carbocycles. The molecule has 5 nitrogen and oxygen atoms in total. The fourth-order valence-electron chi connectivity index (χ4n) is 2.58. The second-order valence-electron chi connectivity index (χ2n) is 5.22. The summed E-state index contributed by atoms with van der Waals surface area (Å²) in [7, 11) is -2.97. The van der Waals surface area contributed by atoms with Crippen molar-refractivity contribution in [3.63, 3.8) is 0 Å². The predicted molar refractivity (Wildman–Crippen MR) is 65.1 cm³/mol. The molecule has 1 unspecified atom stereocenters. The molecule has 1 atom stereocenters. The topological polar surface area (TPSA) is 89.3 Å². The number of carbonyl (C=O) groups is 1. The van der Waals surface area contributed by atoms with E-state index in [1.807, 2.05) is 0 Å². The van der Waals surface area contributed by atoms with E-state index in [1.54, 1.807) is 0 Å². The molecule has 2 fully saturated rings. The Hall–Kier alpha value is -0.620. The molecular weight excluding hydrogens is 240 g/mol. The van der Waals surface area contributed by atoms with Crippen LogP contribution in [0.2, 0.25) is 0 Å². The highest BCUT2D eigenvalue weighted by atomic mass is 32.2. The van der Waals surface area contributed by atoms with Gasteiger partial charge in [0, 0.05) is 12.1 Å². The molecule has 17 heavy (non-hydrogen) atoms. The lowest BCUT2D eigenvalue weighted by Gasteiger charge is -2.27. The molecule has 98 valence electrons. The highest BCUT2D eigenvalue weighted by Crippen LogP contribution is 2.21. The second-order valence-corrected chi connectivity index (χ2v) is 7.45. The Balaban J connectivity index is 1.82. The summed E-state index contributed by atoms with van der Waals surface area (Å²) >= 11 is 0. The normalized spacial score (nSPS) is 36.6. The lowest BCUT2D eigenvalue weighted by atomic mass is 9.91. The number of nitrogens with one attached hydrogen (secondary N) is 1. The minimum absolute atomic E-state index is 0.0189. The van der Waals surface area contributed by atoms with Crippen LogP contribution in [0.3, 0.4) is 0 Å². The van der Waals surface area contributed by atoms with Gasteiger partial charge in [0.05, 0.1) is 17.4 Å². The zero-order valence-electron chi connectivity index (χ0n) is 9.89. The molecule has 0 aromatic heterocycles. The molecule has 0 aromatic carbocycles. The van der Waals surface area contributed by atoms with Gasteiger partial charge in [-0.15, -0.1) is 0 Å². The van der Waals surface area contributed by atoms with Crippen molar-refractivity contribution in [2.75, 3.05) is 11.5 Å². The van der Waals surface area contributed by atoms with Gasteiger partial charge < -0.3 is 11.1 Å². The second kappa shape index (κ2) is 4.94. The molecule has 6 heteroatoms. The summed E-state index contributed by atoms with van der Waals surface area (Å²) in [4.78, 5) is 11.9. The number of hydrogen-bond donors (Lipinski definition) is 2. The van der Waals surface area contributed by atoms with E-state index in [-0.39, 0.29) is 35.4 Å². The van der Waals surface area contributed by atoms with Crippen LogP contribution in [0, 0.1) is 5.92 Å². The van der Waals surface area contributed by atoms with Crippen LogP contribution in [0.4, 0.5) is 0 Å². The van der Waals surface area contributed by atoms with Crippen molar-refractivity contribution in [2.45, 2.75) is 44.2 Å². The minimum atomic E-state index is -2.97. The van der Waals surface area contributed by atoms with Gasteiger partial charge in [0.25, 0.3) is 0 Å². The molecule has 1 heterocycles. The van der Waals surface area contributed by atoms with E-state index < -0.39 is 9.84 Å². The van der Waals surface area contributed by atoms with Crippen LogP contribution < -0.4 is 11.1 Å². The van der Waals surface area contributed by atoms with E-state index >= 15 is 0 Å². The third-order valence-corrected chi connectivity index (χ3v) is 5.49. The van der Waals surface area contributed by atoms with Gasteiger partial charge in [-0.1, -0.05) is 0 Å². The lowest BCUT2D eigenvalue weighted by molar-refractivity contribution is -0.125. The van der Waals surface area contributed by atoms with Crippen LogP contribution in [0.5, 0.6) is 0 Å². The number of amides is 1. The maximum absolute atomic E-state index is 11.9. The Kier molecular flexibility index (Phi) is 3.73. The Morgan fingerprint density at radius 2 is 1.76 bits per heavy atom. The summed E-state index contributed by atoms with van der Waals surface area (Å²) in [5, 5.41) is 2.96. The Bertz CT molecular complexity index is 386. The highest BCUT2D eigenvalue weighted by Gasteiger charge is 2.34. The van der Waals surface area contributed by atoms with Crippen molar-refractivity contribution in [3.05, 3.63) is 0 Å². The molecule has 0 spiro atoms. The molecule has 0 aromatic rings. The molecule has 2 aliphatic rings. The molecule has 1 amide bonds. The van der Waals surface area contributed by atoms with E-state index in [4.69, 9.17) is 5.73 Å². The van der Waals surface area contributed by atoms with Gasteiger partial charge in [-0.05, 0) is 32.1 Å². The molecule has 1 saturated heterocycles. The standard InChI is InChI=1S/C11H20N2O3S/c12-9-1-3-10(4-2-9)13-11(14)8-5-6-17(15,16)7-8/h8-10H,1-7,12H2,(H,13,14). The first kappa shape index (κ1) is 12.8. The Morgan fingerprint density at radius 1 is 1.12 bits per heavy atom. The van der Waals surface area contributed by atoms with E-state index in [9.17, 15) is 13.2 Å². The average Bonchev–Trinajstić information content (AvgIpc) is 2.62. The van der Waals surface area contributed by atoms with Crippen molar-refractivity contribution in [2.24, 2.45) is 11.7 Å². The highest BCUT2D eigenvalue weighted by molar-refractivity contribution is 7.91. The predicted octanol–water partition coefficient (Wildman–Crippen LogP) is -0.193. The van der Waals surface area contributed by atoms with Gasteiger partial charge >= 0.3 is 0 Å². The fourth-order valence-corrected chi connectivity index (χ4v) is 4.33. The van der Waals surface area contributed by atoms with Crippen LogP contribution in [0.15, 0.2) is 0 Å². The fraction of sp³-hybridized carbons (Fsp3) is 0.909. The molecule has 2 rings (SSSR count). The lowest BCUT2D eigenvalue weighted by Crippen LogP contribution is -2.43. The molecule has 1 aliphatic heterocycles. The number of nitrogens with two attached hydrogens (primary N) is 1. The summed E-state index contributed by atoms with van der Waals surface area (Å²) in [6.07, 6.45) is 4.17. The van der Waals surface area contributed by atoms with Gasteiger partial charge in [0.15, 0.2) is 9.84 Å². The third-order valence-electron chi connectivity index (χ3n) is 3.72. The van der Waals surface area contributed by atoms with Crippen LogP contribution in [-0.4, -0.2) is 37.9 Å². The van der Waals surface area contributed by atoms with E-state index in [0.29, 0.717) is 6.42 Å². The summed E-state index contributed by atoms with van der Waals surface area (Å²) in [5.74, 6) is -0.256.